The molecule has 0 saturated carbocycles. The van der Waals surface area contributed by atoms with Gasteiger partial charge in [-0.2, -0.15) is 0 Å². The molecule has 0 bridgehead atoms. The molecule has 66 valence electrons. The van der Waals surface area contributed by atoms with Gasteiger partial charge in [0.2, 0.25) is 0 Å². The van der Waals surface area contributed by atoms with E-state index in [1.807, 2.05) is 24.3 Å². The Bertz CT molecular complexity index is 418. The fourth-order valence-electron chi connectivity index (χ4n) is 1.26. The third-order valence-corrected chi connectivity index (χ3v) is 1.94. The zero-order valence-electron chi connectivity index (χ0n) is 6.96. The molecule has 0 radical (unpaired) electrons. The van der Waals surface area contributed by atoms with Crippen LogP contribution in [0.4, 0.5) is 0 Å². The van der Waals surface area contributed by atoms with Crippen molar-refractivity contribution in [1.29, 1.82) is 0 Å². The lowest BCUT2D eigenvalue weighted by molar-refractivity contribution is 0.327. The molecule has 1 heterocycles. The minimum Gasteiger partial charge on any atom is -0.408 e. The minimum atomic E-state index is -1.47. The van der Waals surface area contributed by atoms with E-state index in [-0.39, 0.29) is 6.67 Å². The Hall–Kier alpha value is -1.33. The van der Waals surface area contributed by atoms with Crippen molar-refractivity contribution >= 4 is 13.5 Å². The predicted molar refractivity (Wildman–Crippen MR) is 48.6 cm³/mol. The maximum Gasteiger partial charge on any atom is 0.588 e. The van der Waals surface area contributed by atoms with Crippen LogP contribution in [0, 0.1) is 0 Å². The zero-order chi connectivity index (χ0) is 9.26. The second-order valence-electron chi connectivity index (χ2n) is 2.85. The summed E-state index contributed by atoms with van der Waals surface area (Å²) >= 11 is 0. The number of para-hydroxylation sites is 1. The maximum atomic E-state index is 8.89. The van der Waals surface area contributed by atoms with Crippen LogP contribution in [0.2, 0.25) is 0 Å². The molecule has 0 aromatic heterocycles. The van der Waals surface area contributed by atoms with Crippen LogP contribution in [0.15, 0.2) is 29.3 Å². The van der Waals surface area contributed by atoms with Crippen molar-refractivity contribution in [3.8, 4) is 0 Å². The molecule has 1 aliphatic rings. The standard InChI is InChI=1S/C8H9BN2O2/c12-9(13)11-5-7-3-1-2-4-8(7)10-6-11/h1-5,12-13H,6H2. The first-order valence-corrected chi connectivity index (χ1v) is 4.00. The number of rotatable bonds is 1. The van der Waals surface area contributed by atoms with Gasteiger partial charge in [-0.25, -0.2) is 0 Å². The molecular weight excluding hydrogens is 167 g/mol. The summed E-state index contributed by atoms with van der Waals surface area (Å²) in [5.41, 5.74) is 0. The number of hydrogen-bond acceptors (Lipinski definition) is 4. The van der Waals surface area contributed by atoms with E-state index < -0.39 is 7.25 Å². The highest BCUT2D eigenvalue weighted by Gasteiger charge is 2.17. The van der Waals surface area contributed by atoms with E-state index in [4.69, 9.17) is 10.0 Å². The number of fused-ring (bicyclic) bond motifs is 1. The van der Waals surface area contributed by atoms with E-state index in [9.17, 15) is 0 Å². The largest absolute Gasteiger partial charge is 0.588 e. The molecule has 0 spiro atoms. The van der Waals surface area contributed by atoms with Crippen molar-refractivity contribution in [3.05, 3.63) is 34.8 Å². The monoisotopic (exact) mass is 176 g/mol. The first-order chi connectivity index (χ1) is 6.27. The molecule has 0 aliphatic carbocycles. The van der Waals surface area contributed by atoms with Crippen LogP contribution in [-0.2, 0) is 0 Å². The van der Waals surface area contributed by atoms with Gasteiger partial charge in [0.05, 0.1) is 5.36 Å². The van der Waals surface area contributed by atoms with E-state index in [1.165, 1.54) is 4.81 Å². The van der Waals surface area contributed by atoms with Crippen LogP contribution >= 0.6 is 0 Å². The van der Waals surface area contributed by atoms with Gasteiger partial charge in [-0.15, -0.1) is 0 Å². The third kappa shape index (κ3) is 1.56. The summed E-state index contributed by atoms with van der Waals surface area (Å²) in [6.45, 7) is 0.286. The number of nitrogens with zero attached hydrogens (tertiary/aromatic N) is 2. The Morgan fingerprint density at radius 1 is 1.31 bits per heavy atom. The van der Waals surface area contributed by atoms with Crippen molar-refractivity contribution in [3.63, 3.8) is 0 Å². The lowest BCUT2D eigenvalue weighted by atomic mass is 10.1. The van der Waals surface area contributed by atoms with E-state index in [2.05, 4.69) is 4.99 Å². The second kappa shape index (κ2) is 3.20. The molecule has 1 aromatic rings. The molecule has 5 heteroatoms. The first kappa shape index (κ1) is 8.28. The highest BCUT2D eigenvalue weighted by Crippen LogP contribution is 1.92. The highest BCUT2D eigenvalue weighted by molar-refractivity contribution is 6.38. The molecule has 2 N–H and O–H groups in total. The van der Waals surface area contributed by atoms with Crippen LogP contribution in [0.1, 0.15) is 0 Å². The average molecular weight is 176 g/mol. The van der Waals surface area contributed by atoms with Crippen LogP contribution in [0.25, 0.3) is 6.20 Å². The smallest absolute Gasteiger partial charge is 0.408 e. The minimum absolute atomic E-state index is 0.286. The van der Waals surface area contributed by atoms with Crippen LogP contribution in [0.3, 0.4) is 0 Å². The van der Waals surface area contributed by atoms with Gasteiger partial charge in [0.25, 0.3) is 0 Å². The van der Waals surface area contributed by atoms with Crippen molar-refractivity contribution in [1.82, 2.24) is 4.81 Å². The fraction of sp³-hybridized carbons (Fsp3) is 0.125. The van der Waals surface area contributed by atoms with Crippen molar-refractivity contribution in [2.75, 3.05) is 6.67 Å². The zero-order valence-corrected chi connectivity index (χ0v) is 6.96. The van der Waals surface area contributed by atoms with Gasteiger partial charge >= 0.3 is 7.25 Å². The molecule has 0 amide bonds. The van der Waals surface area contributed by atoms with E-state index in [0.717, 1.165) is 10.6 Å². The maximum absolute atomic E-state index is 8.89. The average Bonchev–Trinajstić information content (AvgIpc) is 2.17. The summed E-state index contributed by atoms with van der Waals surface area (Å²) in [5.74, 6) is 0. The molecule has 1 aromatic carbocycles. The first-order valence-electron chi connectivity index (χ1n) is 4.00. The lowest BCUT2D eigenvalue weighted by Gasteiger charge is -2.18. The van der Waals surface area contributed by atoms with Crippen LogP contribution < -0.4 is 10.6 Å². The molecule has 1 aliphatic heterocycles. The SMILES string of the molecule is OB(O)N1C=c2ccccc2=NC1. The molecule has 0 fully saturated rings. The Morgan fingerprint density at radius 3 is 2.85 bits per heavy atom. The predicted octanol–water partition coefficient (Wildman–Crippen LogP) is -1.71. The molecule has 0 unspecified atom stereocenters. The van der Waals surface area contributed by atoms with Gasteiger partial charge in [-0.3, -0.25) is 4.99 Å². The summed E-state index contributed by atoms with van der Waals surface area (Å²) in [6, 6.07) is 7.57. The summed E-state index contributed by atoms with van der Waals surface area (Å²) in [5, 5.41) is 19.6. The number of hydrogen-bond donors (Lipinski definition) is 2. The molecule has 13 heavy (non-hydrogen) atoms. The summed E-state index contributed by atoms with van der Waals surface area (Å²) in [4.78, 5) is 5.52. The Kier molecular flexibility index (Phi) is 2.04. The van der Waals surface area contributed by atoms with E-state index >= 15 is 0 Å². The lowest BCUT2D eigenvalue weighted by Crippen LogP contribution is -2.43. The van der Waals surface area contributed by atoms with Gasteiger partial charge in [-0.1, -0.05) is 18.2 Å². The van der Waals surface area contributed by atoms with Gasteiger partial charge < -0.3 is 14.9 Å². The quantitative estimate of drug-likeness (QED) is 0.500. The second-order valence-corrected chi connectivity index (χ2v) is 2.85. The topological polar surface area (TPSA) is 56.1 Å². The van der Waals surface area contributed by atoms with Gasteiger partial charge in [0.15, 0.2) is 0 Å². The Morgan fingerprint density at radius 2 is 2.08 bits per heavy atom. The van der Waals surface area contributed by atoms with Gasteiger partial charge in [0, 0.05) is 11.4 Å². The molecule has 4 nitrogen and oxygen atoms in total. The summed E-state index contributed by atoms with van der Waals surface area (Å²) < 4.78 is 0. The van der Waals surface area contributed by atoms with Crippen molar-refractivity contribution < 1.29 is 10.0 Å². The summed E-state index contributed by atoms with van der Waals surface area (Å²) in [6.07, 6.45) is 1.69. The molecular formula is C8H9BN2O2. The third-order valence-electron chi connectivity index (χ3n) is 1.94. The van der Waals surface area contributed by atoms with Crippen LogP contribution in [0.5, 0.6) is 0 Å². The highest BCUT2D eigenvalue weighted by atomic mass is 16.4. The summed E-state index contributed by atoms with van der Waals surface area (Å²) in [7, 11) is -1.47. The van der Waals surface area contributed by atoms with Gasteiger partial charge in [0.1, 0.15) is 6.67 Å². The molecule has 0 saturated heterocycles. The Labute approximate surface area is 75.6 Å². The normalized spacial score (nSPS) is 14.2. The van der Waals surface area contributed by atoms with E-state index in [0.29, 0.717) is 0 Å². The van der Waals surface area contributed by atoms with Crippen molar-refractivity contribution in [2.24, 2.45) is 4.99 Å². The number of benzene rings is 1. The fourth-order valence-corrected chi connectivity index (χ4v) is 1.26. The van der Waals surface area contributed by atoms with Crippen molar-refractivity contribution in [2.45, 2.75) is 0 Å². The van der Waals surface area contributed by atoms with Crippen LogP contribution in [-0.4, -0.2) is 28.8 Å². The Balaban J connectivity index is 2.49. The van der Waals surface area contributed by atoms with E-state index in [1.54, 1.807) is 6.20 Å². The molecule has 2 rings (SSSR count). The van der Waals surface area contributed by atoms with Gasteiger partial charge in [-0.05, 0) is 6.07 Å². The molecule has 0 atom stereocenters.